The molecule has 0 saturated carbocycles. The fraction of sp³-hybridized carbons (Fsp3) is 0.375. The van der Waals surface area contributed by atoms with Gasteiger partial charge in [0.05, 0.1) is 11.1 Å². The van der Waals surface area contributed by atoms with Crippen molar-refractivity contribution in [2.24, 2.45) is 11.1 Å². The number of aromatic nitrogens is 3. The number of benzene rings is 1. The van der Waals surface area contributed by atoms with E-state index in [9.17, 15) is 18.0 Å². The Hall–Kier alpha value is -2.79. The van der Waals surface area contributed by atoms with E-state index in [2.05, 4.69) is 15.6 Å². The fourth-order valence-electron chi connectivity index (χ4n) is 2.45. The van der Waals surface area contributed by atoms with Gasteiger partial charge in [-0.1, -0.05) is 31.2 Å². The second-order valence-electron chi connectivity index (χ2n) is 6.41. The molecule has 0 fully saturated rings. The number of carboxylic acid groups (broad SMARTS) is 1. The third-order valence-corrected chi connectivity index (χ3v) is 4.83. The summed E-state index contributed by atoms with van der Waals surface area (Å²) in [4.78, 5) is 23.4. The summed E-state index contributed by atoms with van der Waals surface area (Å²) in [6.45, 7) is 4.98. The molecule has 0 bridgehead atoms. The Bertz CT molecular complexity index is 936. The Morgan fingerprint density at radius 2 is 1.78 bits per heavy atom. The fourth-order valence-corrected chi connectivity index (χ4v) is 2.96. The van der Waals surface area contributed by atoms with Crippen molar-refractivity contribution in [3.8, 4) is 11.3 Å². The SMILES string of the molecule is CC(NC(=O)[C@H](C(C)C)n1cc(-c2ccc(S(N)(=O)=O)cc2)nn1)C(=O)O. The van der Waals surface area contributed by atoms with E-state index in [1.165, 1.54) is 35.9 Å². The molecule has 1 heterocycles. The second kappa shape index (κ2) is 7.84. The van der Waals surface area contributed by atoms with Crippen LogP contribution in [-0.4, -0.2) is 46.4 Å². The van der Waals surface area contributed by atoms with E-state index in [4.69, 9.17) is 10.2 Å². The Morgan fingerprint density at radius 3 is 2.26 bits per heavy atom. The molecule has 1 unspecified atom stereocenters. The second-order valence-corrected chi connectivity index (χ2v) is 7.97. The Labute approximate surface area is 156 Å². The summed E-state index contributed by atoms with van der Waals surface area (Å²) in [5.41, 5.74) is 1.02. The topological polar surface area (TPSA) is 157 Å². The first-order chi connectivity index (χ1) is 12.5. The van der Waals surface area contributed by atoms with Gasteiger partial charge in [0, 0.05) is 5.56 Å². The zero-order valence-electron chi connectivity index (χ0n) is 15.0. The molecule has 2 aromatic rings. The maximum atomic E-state index is 12.5. The average molecular weight is 395 g/mol. The zero-order valence-corrected chi connectivity index (χ0v) is 15.8. The van der Waals surface area contributed by atoms with Gasteiger partial charge in [0.2, 0.25) is 15.9 Å². The first kappa shape index (κ1) is 20.5. The van der Waals surface area contributed by atoms with Gasteiger partial charge in [0.25, 0.3) is 0 Å². The van der Waals surface area contributed by atoms with Crippen LogP contribution in [0.4, 0.5) is 0 Å². The number of hydrogen-bond donors (Lipinski definition) is 3. The molecule has 0 spiro atoms. The summed E-state index contributed by atoms with van der Waals surface area (Å²) in [5, 5.41) is 24.4. The highest BCUT2D eigenvalue weighted by Gasteiger charge is 2.28. The van der Waals surface area contributed by atoms with E-state index in [1.807, 2.05) is 0 Å². The van der Waals surface area contributed by atoms with E-state index in [0.29, 0.717) is 11.3 Å². The number of rotatable bonds is 7. The standard InChI is InChI=1S/C16H21N5O5S/c1-9(2)14(15(22)18-10(3)16(23)24)21-8-13(19-20-21)11-4-6-12(7-5-11)27(17,25)26/h4-10,14H,1-3H3,(H,18,22)(H,23,24)(H2,17,25,26)/t10?,14-/m0/s1. The minimum atomic E-state index is -3.79. The summed E-state index contributed by atoms with van der Waals surface area (Å²) >= 11 is 0. The number of hydrogen-bond acceptors (Lipinski definition) is 6. The maximum absolute atomic E-state index is 12.5. The van der Waals surface area contributed by atoms with Crippen molar-refractivity contribution < 1.29 is 23.1 Å². The van der Waals surface area contributed by atoms with E-state index in [0.717, 1.165) is 0 Å². The molecule has 2 rings (SSSR count). The predicted molar refractivity (Wildman–Crippen MR) is 95.9 cm³/mol. The van der Waals surface area contributed by atoms with Gasteiger partial charge in [-0.15, -0.1) is 5.10 Å². The molecule has 0 radical (unpaired) electrons. The number of nitrogens with two attached hydrogens (primary N) is 1. The van der Waals surface area contributed by atoms with Gasteiger partial charge in [0.1, 0.15) is 17.8 Å². The number of carboxylic acids is 1. The molecule has 0 aliphatic rings. The lowest BCUT2D eigenvalue weighted by atomic mass is 10.0. The van der Waals surface area contributed by atoms with Crippen molar-refractivity contribution in [1.82, 2.24) is 20.3 Å². The van der Waals surface area contributed by atoms with E-state index >= 15 is 0 Å². The molecule has 11 heteroatoms. The Balaban J connectivity index is 2.28. The van der Waals surface area contributed by atoms with Crippen molar-refractivity contribution in [3.05, 3.63) is 30.5 Å². The van der Waals surface area contributed by atoms with Crippen LogP contribution in [0.25, 0.3) is 11.3 Å². The van der Waals surface area contributed by atoms with E-state index < -0.39 is 34.0 Å². The highest BCUT2D eigenvalue weighted by Crippen LogP contribution is 2.22. The van der Waals surface area contributed by atoms with Crippen LogP contribution in [-0.2, 0) is 19.6 Å². The van der Waals surface area contributed by atoms with Crippen LogP contribution in [0.3, 0.4) is 0 Å². The molecule has 10 nitrogen and oxygen atoms in total. The molecule has 0 aliphatic heterocycles. The van der Waals surface area contributed by atoms with Gasteiger partial charge in [0.15, 0.2) is 0 Å². The number of primary sulfonamides is 1. The lowest BCUT2D eigenvalue weighted by Gasteiger charge is -2.21. The van der Waals surface area contributed by atoms with Gasteiger partial charge in [-0.25, -0.2) is 18.2 Å². The van der Waals surface area contributed by atoms with Crippen LogP contribution >= 0.6 is 0 Å². The highest BCUT2D eigenvalue weighted by atomic mass is 32.2. The first-order valence-electron chi connectivity index (χ1n) is 8.09. The number of nitrogens with one attached hydrogen (secondary N) is 1. The zero-order chi connectivity index (χ0) is 20.4. The molecule has 0 aliphatic carbocycles. The highest BCUT2D eigenvalue weighted by molar-refractivity contribution is 7.89. The smallest absolute Gasteiger partial charge is 0.325 e. The number of carbonyl (C=O) groups is 2. The number of sulfonamides is 1. The predicted octanol–water partition coefficient (Wildman–Crippen LogP) is 0.379. The van der Waals surface area contributed by atoms with Crippen molar-refractivity contribution in [2.45, 2.75) is 37.8 Å². The molecule has 0 saturated heterocycles. The van der Waals surface area contributed by atoms with Crippen LogP contribution < -0.4 is 10.5 Å². The van der Waals surface area contributed by atoms with Crippen LogP contribution in [0.5, 0.6) is 0 Å². The molecule has 2 atom stereocenters. The van der Waals surface area contributed by atoms with Gasteiger partial charge in [-0.2, -0.15) is 0 Å². The van der Waals surface area contributed by atoms with Gasteiger partial charge in [-0.05, 0) is 25.0 Å². The Morgan fingerprint density at radius 1 is 1.19 bits per heavy atom. The van der Waals surface area contributed by atoms with Gasteiger partial charge < -0.3 is 10.4 Å². The van der Waals surface area contributed by atoms with E-state index in [1.54, 1.807) is 20.0 Å². The Kier molecular flexibility index (Phi) is 5.96. The molecular formula is C16H21N5O5S. The van der Waals surface area contributed by atoms with Gasteiger partial charge in [-0.3, -0.25) is 9.59 Å². The molecular weight excluding hydrogens is 374 g/mol. The third kappa shape index (κ3) is 4.89. The number of nitrogens with zero attached hydrogens (tertiary/aromatic N) is 3. The summed E-state index contributed by atoms with van der Waals surface area (Å²) in [6, 6.07) is 3.98. The van der Waals surface area contributed by atoms with E-state index in [-0.39, 0.29) is 10.8 Å². The van der Waals surface area contributed by atoms with Crippen molar-refractivity contribution >= 4 is 21.9 Å². The lowest BCUT2D eigenvalue weighted by Crippen LogP contribution is -2.43. The first-order valence-corrected chi connectivity index (χ1v) is 9.63. The summed E-state index contributed by atoms with van der Waals surface area (Å²) in [7, 11) is -3.79. The molecule has 1 amide bonds. The number of carbonyl (C=O) groups excluding carboxylic acids is 1. The molecule has 1 aromatic carbocycles. The molecule has 27 heavy (non-hydrogen) atoms. The summed E-state index contributed by atoms with van der Waals surface area (Å²) < 4.78 is 24.0. The van der Waals surface area contributed by atoms with Crippen molar-refractivity contribution in [3.63, 3.8) is 0 Å². The lowest BCUT2D eigenvalue weighted by molar-refractivity contribution is -0.142. The van der Waals surface area contributed by atoms with Crippen LogP contribution in [0.2, 0.25) is 0 Å². The van der Waals surface area contributed by atoms with Crippen LogP contribution in [0.15, 0.2) is 35.4 Å². The van der Waals surface area contributed by atoms with Gasteiger partial charge >= 0.3 is 5.97 Å². The van der Waals surface area contributed by atoms with Crippen molar-refractivity contribution in [2.75, 3.05) is 0 Å². The van der Waals surface area contributed by atoms with Crippen LogP contribution in [0, 0.1) is 5.92 Å². The summed E-state index contributed by atoms with van der Waals surface area (Å²) in [6.07, 6.45) is 1.54. The quantitative estimate of drug-likeness (QED) is 0.611. The number of amides is 1. The van der Waals surface area contributed by atoms with Crippen molar-refractivity contribution in [1.29, 1.82) is 0 Å². The summed E-state index contributed by atoms with van der Waals surface area (Å²) in [5.74, 6) is -1.80. The average Bonchev–Trinajstić information content (AvgIpc) is 3.03. The normalized spacial score (nSPS) is 14.0. The monoisotopic (exact) mass is 395 g/mol. The van der Waals surface area contributed by atoms with Crippen LogP contribution in [0.1, 0.15) is 26.8 Å². The maximum Gasteiger partial charge on any atom is 0.325 e. The third-order valence-electron chi connectivity index (χ3n) is 3.90. The molecule has 146 valence electrons. The minimum Gasteiger partial charge on any atom is -0.480 e. The molecule has 1 aromatic heterocycles. The largest absolute Gasteiger partial charge is 0.480 e. The minimum absolute atomic E-state index is 0.0271. The number of aliphatic carboxylic acids is 1. The molecule has 4 N–H and O–H groups in total.